The summed E-state index contributed by atoms with van der Waals surface area (Å²) in [7, 11) is 0. The van der Waals surface area contributed by atoms with Crippen molar-refractivity contribution in [2.75, 3.05) is 6.54 Å². The van der Waals surface area contributed by atoms with Gasteiger partial charge in [0, 0.05) is 5.56 Å². The van der Waals surface area contributed by atoms with Gasteiger partial charge in [-0.25, -0.2) is 4.79 Å². The number of nitrogens with one attached hydrogen (secondary N) is 1. The quantitative estimate of drug-likeness (QED) is 0.582. The minimum atomic E-state index is -0.928. The van der Waals surface area contributed by atoms with E-state index in [2.05, 4.69) is 11.4 Å². The van der Waals surface area contributed by atoms with Gasteiger partial charge in [-0.3, -0.25) is 0 Å². The van der Waals surface area contributed by atoms with Crippen LogP contribution in [0.25, 0.3) is 11.3 Å². The number of hydrogen-bond donors (Lipinski definition) is 2. The van der Waals surface area contributed by atoms with E-state index in [4.69, 9.17) is 9.52 Å². The van der Waals surface area contributed by atoms with Crippen molar-refractivity contribution >= 4 is 5.97 Å². The minimum absolute atomic E-state index is 0. The maximum Gasteiger partial charge on any atom is 0.335 e. The second kappa shape index (κ2) is 9.44. The number of carboxylic acids is 1. The summed E-state index contributed by atoms with van der Waals surface area (Å²) in [6, 6.07) is 10.6. The van der Waals surface area contributed by atoms with E-state index in [-0.39, 0.29) is 18.0 Å². The first-order chi connectivity index (χ1) is 11.7. The van der Waals surface area contributed by atoms with Gasteiger partial charge in [-0.2, -0.15) is 0 Å². The molecule has 0 amide bonds. The number of furan rings is 1. The highest BCUT2D eigenvalue weighted by atomic mass is 35.5. The van der Waals surface area contributed by atoms with Crippen LogP contribution >= 0.6 is 0 Å². The summed E-state index contributed by atoms with van der Waals surface area (Å²) in [5, 5.41) is 12.5. The average Bonchev–Trinajstić information content (AvgIpc) is 3.09. The van der Waals surface area contributed by atoms with Crippen LogP contribution in [0.1, 0.15) is 48.2 Å². The fourth-order valence-electron chi connectivity index (χ4n) is 3.03. The third-order valence-corrected chi connectivity index (χ3v) is 4.36. The van der Waals surface area contributed by atoms with Crippen molar-refractivity contribution in [3.05, 3.63) is 59.4 Å². The number of benzene rings is 1. The first kappa shape index (κ1) is 19.3. The fraction of sp³-hybridized carbons (Fsp3) is 0.350. The van der Waals surface area contributed by atoms with E-state index in [1.807, 2.05) is 18.2 Å². The zero-order valence-electron chi connectivity index (χ0n) is 14.1. The molecule has 0 unspecified atom stereocenters. The van der Waals surface area contributed by atoms with E-state index in [0.29, 0.717) is 12.3 Å². The van der Waals surface area contributed by atoms with Crippen LogP contribution in [0.5, 0.6) is 0 Å². The first-order valence-electron chi connectivity index (χ1n) is 8.53. The highest BCUT2D eigenvalue weighted by molar-refractivity contribution is 5.89. The fourth-order valence-corrected chi connectivity index (χ4v) is 3.03. The Labute approximate surface area is 154 Å². The lowest BCUT2D eigenvalue weighted by atomic mass is 9.97. The van der Waals surface area contributed by atoms with E-state index in [1.165, 1.54) is 25.7 Å². The lowest BCUT2D eigenvalue weighted by molar-refractivity contribution is -0.0000209. The zero-order chi connectivity index (χ0) is 16.8. The van der Waals surface area contributed by atoms with Crippen molar-refractivity contribution in [1.29, 1.82) is 0 Å². The van der Waals surface area contributed by atoms with Crippen LogP contribution < -0.4 is 17.7 Å². The monoisotopic (exact) mass is 360 g/mol. The molecule has 1 aliphatic rings. The van der Waals surface area contributed by atoms with E-state index >= 15 is 0 Å². The number of rotatable bonds is 7. The second-order valence-electron chi connectivity index (χ2n) is 6.19. The van der Waals surface area contributed by atoms with Crippen LogP contribution in [0.2, 0.25) is 0 Å². The lowest BCUT2D eigenvalue weighted by Gasteiger charge is -2.12. The molecule has 0 saturated heterocycles. The molecular weight excluding hydrogens is 338 g/mol. The normalized spacial score (nSPS) is 13.8. The molecule has 0 atom stereocenters. The molecule has 2 aromatic rings. The molecular formula is C20H23ClNO3-. The van der Waals surface area contributed by atoms with E-state index in [0.717, 1.165) is 24.3 Å². The summed E-state index contributed by atoms with van der Waals surface area (Å²) in [5.41, 5.74) is 2.62. The Hall–Kier alpha value is -2.04. The molecule has 1 heterocycles. The van der Waals surface area contributed by atoms with Gasteiger partial charge in [-0.1, -0.05) is 23.8 Å². The summed E-state index contributed by atoms with van der Waals surface area (Å²) in [6.07, 6.45) is 8.61. The highest BCUT2D eigenvalue weighted by Gasteiger charge is 2.09. The number of aromatic carboxylic acids is 1. The van der Waals surface area contributed by atoms with Crippen LogP contribution in [0, 0.1) is 0 Å². The Bertz CT molecular complexity index is 736. The summed E-state index contributed by atoms with van der Waals surface area (Å²) in [6.45, 7) is 1.64. The molecule has 4 nitrogen and oxygen atoms in total. The molecule has 0 saturated carbocycles. The molecule has 1 aromatic carbocycles. The standard InChI is InChI=1S/C20H23NO3.ClH/c22-20(23)17-8-4-7-16(13-17)19-10-9-18(24-19)14-21-12-11-15-5-2-1-3-6-15;/h4-5,7-10,13,21H,1-3,6,11-12,14H2,(H,22,23);1H/p-1. The molecule has 134 valence electrons. The Kier molecular flexibility index (Phi) is 7.29. The van der Waals surface area contributed by atoms with Gasteiger partial charge in [0.15, 0.2) is 0 Å². The van der Waals surface area contributed by atoms with E-state index in [1.54, 1.807) is 23.8 Å². The molecule has 0 spiro atoms. The third kappa shape index (κ3) is 5.48. The molecule has 1 aromatic heterocycles. The van der Waals surface area contributed by atoms with Crippen molar-refractivity contribution in [1.82, 2.24) is 5.32 Å². The molecule has 2 N–H and O–H groups in total. The van der Waals surface area contributed by atoms with Crippen LogP contribution in [0.4, 0.5) is 0 Å². The van der Waals surface area contributed by atoms with Gasteiger partial charge in [0.05, 0.1) is 12.1 Å². The Morgan fingerprint density at radius 1 is 1.20 bits per heavy atom. The van der Waals surface area contributed by atoms with Gasteiger partial charge < -0.3 is 27.2 Å². The number of allylic oxidation sites excluding steroid dienone is 1. The zero-order valence-corrected chi connectivity index (χ0v) is 14.9. The molecule has 5 heteroatoms. The molecule has 1 aliphatic carbocycles. The smallest absolute Gasteiger partial charge is 0.335 e. The molecule has 3 rings (SSSR count). The molecule has 0 radical (unpaired) electrons. The highest BCUT2D eigenvalue weighted by Crippen LogP contribution is 2.23. The summed E-state index contributed by atoms with van der Waals surface area (Å²) in [5.74, 6) is 0.635. The van der Waals surface area contributed by atoms with Gasteiger partial charge in [0.1, 0.15) is 11.5 Å². The van der Waals surface area contributed by atoms with Crippen molar-refractivity contribution in [2.45, 2.75) is 38.6 Å². The van der Waals surface area contributed by atoms with Crippen molar-refractivity contribution in [3.63, 3.8) is 0 Å². The van der Waals surface area contributed by atoms with Crippen LogP contribution in [-0.2, 0) is 6.54 Å². The van der Waals surface area contributed by atoms with Crippen molar-refractivity contribution in [2.24, 2.45) is 0 Å². The Morgan fingerprint density at radius 2 is 2.08 bits per heavy atom. The molecule has 0 fully saturated rings. The van der Waals surface area contributed by atoms with Gasteiger partial charge in [0.25, 0.3) is 0 Å². The van der Waals surface area contributed by atoms with Crippen LogP contribution in [0.3, 0.4) is 0 Å². The summed E-state index contributed by atoms with van der Waals surface area (Å²) < 4.78 is 5.83. The van der Waals surface area contributed by atoms with Gasteiger partial charge in [-0.05, 0) is 62.9 Å². The van der Waals surface area contributed by atoms with Gasteiger partial charge in [0.2, 0.25) is 0 Å². The number of carboxylic acid groups (broad SMARTS) is 1. The number of hydrogen-bond acceptors (Lipinski definition) is 3. The SMILES string of the molecule is O=C(O)c1cccc(-c2ccc(CNCCC3=CCCCC3)o2)c1.[Cl-]. The predicted molar refractivity (Wildman–Crippen MR) is 94.0 cm³/mol. The number of halogens is 1. The van der Waals surface area contributed by atoms with Gasteiger partial charge in [-0.15, -0.1) is 0 Å². The maximum absolute atomic E-state index is 11.0. The largest absolute Gasteiger partial charge is 1.00 e. The predicted octanol–water partition coefficient (Wildman–Crippen LogP) is 1.63. The maximum atomic E-state index is 11.0. The number of carbonyl (C=O) groups is 1. The van der Waals surface area contributed by atoms with Gasteiger partial charge >= 0.3 is 5.97 Å². The average molecular weight is 361 g/mol. The minimum Gasteiger partial charge on any atom is -1.00 e. The Morgan fingerprint density at radius 3 is 2.84 bits per heavy atom. The second-order valence-corrected chi connectivity index (χ2v) is 6.19. The van der Waals surface area contributed by atoms with Crippen molar-refractivity contribution < 1.29 is 26.7 Å². The van der Waals surface area contributed by atoms with Crippen LogP contribution in [0.15, 0.2) is 52.5 Å². The third-order valence-electron chi connectivity index (χ3n) is 4.36. The van der Waals surface area contributed by atoms with Crippen molar-refractivity contribution in [3.8, 4) is 11.3 Å². The van der Waals surface area contributed by atoms with E-state index in [9.17, 15) is 4.79 Å². The molecule has 25 heavy (non-hydrogen) atoms. The molecule has 0 bridgehead atoms. The van der Waals surface area contributed by atoms with E-state index < -0.39 is 5.97 Å². The molecule has 0 aliphatic heterocycles. The summed E-state index contributed by atoms with van der Waals surface area (Å²) >= 11 is 0. The Balaban J connectivity index is 0.00000225. The topological polar surface area (TPSA) is 62.5 Å². The lowest BCUT2D eigenvalue weighted by Crippen LogP contribution is -3.00. The van der Waals surface area contributed by atoms with Crippen LogP contribution in [-0.4, -0.2) is 17.6 Å². The summed E-state index contributed by atoms with van der Waals surface area (Å²) in [4.78, 5) is 11.0. The first-order valence-corrected chi connectivity index (χ1v) is 8.53.